The standard InChI is InChI=1S/C22H28N4O/c1-2-26-14-17(13-23-26)15-9-11-25(12-10-15)22(27)24-21-19-8-7-16-5-3-4-6-18(16)20(19)21/h3-6,13-15,19-21H,2,7-12H2,1H3,(H,24,27). The average Bonchev–Trinajstić information content (AvgIpc) is 3.20. The Morgan fingerprint density at radius 2 is 2.04 bits per heavy atom. The fourth-order valence-corrected chi connectivity index (χ4v) is 5.18. The van der Waals surface area contributed by atoms with Crippen LogP contribution in [0.3, 0.4) is 0 Å². The molecular formula is C22H28N4O. The largest absolute Gasteiger partial charge is 0.334 e. The molecule has 2 amide bonds. The van der Waals surface area contributed by atoms with Gasteiger partial charge in [-0.05, 0) is 61.1 Å². The number of fused-ring (bicyclic) bond motifs is 3. The predicted octanol–water partition coefficient (Wildman–Crippen LogP) is 3.52. The third-order valence-electron chi connectivity index (χ3n) is 6.85. The van der Waals surface area contributed by atoms with Crippen LogP contribution >= 0.6 is 0 Å². The molecule has 5 nitrogen and oxygen atoms in total. The fourth-order valence-electron chi connectivity index (χ4n) is 5.18. The third-order valence-corrected chi connectivity index (χ3v) is 6.85. The van der Waals surface area contributed by atoms with E-state index in [9.17, 15) is 4.79 Å². The molecule has 5 rings (SSSR count). The maximum Gasteiger partial charge on any atom is 0.317 e. The zero-order chi connectivity index (χ0) is 18.4. The third kappa shape index (κ3) is 3.03. The fraction of sp³-hybridized carbons (Fsp3) is 0.545. The number of nitrogens with one attached hydrogen (secondary N) is 1. The zero-order valence-electron chi connectivity index (χ0n) is 16.0. The van der Waals surface area contributed by atoms with Crippen molar-refractivity contribution in [1.82, 2.24) is 20.0 Å². The lowest BCUT2D eigenvalue weighted by atomic mass is 9.92. The summed E-state index contributed by atoms with van der Waals surface area (Å²) in [6.07, 6.45) is 8.58. The van der Waals surface area contributed by atoms with Gasteiger partial charge in [0.1, 0.15) is 0 Å². The van der Waals surface area contributed by atoms with Gasteiger partial charge in [-0.3, -0.25) is 4.68 Å². The summed E-state index contributed by atoms with van der Waals surface area (Å²) >= 11 is 0. The van der Waals surface area contributed by atoms with Crippen molar-refractivity contribution < 1.29 is 4.79 Å². The van der Waals surface area contributed by atoms with Gasteiger partial charge in [0.05, 0.1) is 6.20 Å². The number of carbonyl (C=O) groups is 1. The van der Waals surface area contributed by atoms with Crippen molar-refractivity contribution in [2.45, 2.75) is 57.0 Å². The van der Waals surface area contributed by atoms with Gasteiger partial charge < -0.3 is 10.2 Å². The summed E-state index contributed by atoms with van der Waals surface area (Å²) < 4.78 is 1.99. The van der Waals surface area contributed by atoms with Crippen molar-refractivity contribution in [3.8, 4) is 0 Å². The molecule has 3 atom stereocenters. The van der Waals surface area contributed by atoms with Crippen molar-refractivity contribution in [3.63, 3.8) is 0 Å². The molecule has 2 heterocycles. The Bertz CT molecular complexity index is 836. The molecule has 1 N–H and O–H groups in total. The van der Waals surface area contributed by atoms with E-state index in [2.05, 4.69) is 47.8 Å². The van der Waals surface area contributed by atoms with Crippen LogP contribution in [0.2, 0.25) is 0 Å². The molecule has 2 fully saturated rings. The van der Waals surface area contributed by atoms with Crippen LogP contribution < -0.4 is 5.32 Å². The van der Waals surface area contributed by atoms with Crippen LogP contribution in [0.5, 0.6) is 0 Å². The van der Waals surface area contributed by atoms with Crippen LogP contribution in [0.25, 0.3) is 0 Å². The van der Waals surface area contributed by atoms with E-state index in [0.717, 1.165) is 38.9 Å². The van der Waals surface area contributed by atoms with Gasteiger partial charge in [-0.1, -0.05) is 24.3 Å². The maximum absolute atomic E-state index is 12.8. The van der Waals surface area contributed by atoms with E-state index in [4.69, 9.17) is 0 Å². The number of benzene rings is 1. The second kappa shape index (κ2) is 6.70. The zero-order valence-corrected chi connectivity index (χ0v) is 16.0. The highest BCUT2D eigenvalue weighted by Gasteiger charge is 2.54. The molecule has 27 heavy (non-hydrogen) atoms. The van der Waals surface area contributed by atoms with Crippen LogP contribution in [-0.4, -0.2) is 39.8 Å². The SMILES string of the molecule is CCn1cc(C2CCN(C(=O)NC3C4CCc5ccccc5C43)CC2)cn1. The van der Waals surface area contributed by atoms with Gasteiger partial charge in [0.15, 0.2) is 0 Å². The van der Waals surface area contributed by atoms with Gasteiger partial charge in [0.25, 0.3) is 0 Å². The van der Waals surface area contributed by atoms with Gasteiger partial charge >= 0.3 is 6.03 Å². The normalized spacial score (nSPS) is 27.0. The Balaban J connectivity index is 1.17. The van der Waals surface area contributed by atoms with Crippen LogP contribution in [-0.2, 0) is 13.0 Å². The molecule has 1 saturated carbocycles. The first kappa shape index (κ1) is 16.8. The molecule has 2 aliphatic carbocycles. The molecule has 1 aliphatic heterocycles. The minimum Gasteiger partial charge on any atom is -0.334 e. The lowest BCUT2D eigenvalue weighted by Gasteiger charge is -2.31. The minimum absolute atomic E-state index is 0.134. The smallest absolute Gasteiger partial charge is 0.317 e. The van der Waals surface area contributed by atoms with E-state index < -0.39 is 0 Å². The van der Waals surface area contributed by atoms with E-state index >= 15 is 0 Å². The van der Waals surface area contributed by atoms with Crippen LogP contribution in [0.1, 0.15) is 54.7 Å². The summed E-state index contributed by atoms with van der Waals surface area (Å²) in [5.41, 5.74) is 4.26. The summed E-state index contributed by atoms with van der Waals surface area (Å²) in [6.45, 7) is 4.70. The Morgan fingerprint density at radius 3 is 2.81 bits per heavy atom. The first-order chi connectivity index (χ1) is 13.2. The van der Waals surface area contributed by atoms with Crippen molar-refractivity contribution in [2.24, 2.45) is 5.92 Å². The Hall–Kier alpha value is -2.30. The lowest BCUT2D eigenvalue weighted by Crippen LogP contribution is -2.45. The van der Waals surface area contributed by atoms with Crippen LogP contribution in [0, 0.1) is 5.92 Å². The average molecular weight is 364 g/mol. The van der Waals surface area contributed by atoms with E-state index in [0.29, 0.717) is 23.8 Å². The van der Waals surface area contributed by atoms with Gasteiger partial charge in [-0.25, -0.2) is 4.79 Å². The second-order valence-corrected chi connectivity index (χ2v) is 8.29. The van der Waals surface area contributed by atoms with Gasteiger partial charge in [-0.15, -0.1) is 0 Å². The number of nitrogens with zero attached hydrogens (tertiary/aromatic N) is 3. The molecule has 0 radical (unpaired) electrons. The lowest BCUT2D eigenvalue weighted by molar-refractivity contribution is 0.180. The molecule has 3 unspecified atom stereocenters. The number of hydrogen-bond acceptors (Lipinski definition) is 2. The van der Waals surface area contributed by atoms with Crippen molar-refractivity contribution in [3.05, 3.63) is 53.3 Å². The molecule has 5 heteroatoms. The molecule has 2 aromatic rings. The monoisotopic (exact) mass is 364 g/mol. The Kier molecular flexibility index (Phi) is 4.18. The Morgan fingerprint density at radius 1 is 1.22 bits per heavy atom. The van der Waals surface area contributed by atoms with Gasteiger partial charge in [-0.2, -0.15) is 5.10 Å². The highest BCUT2D eigenvalue weighted by molar-refractivity contribution is 5.75. The number of urea groups is 1. The molecule has 1 aromatic heterocycles. The molecule has 3 aliphatic rings. The predicted molar refractivity (Wildman–Crippen MR) is 105 cm³/mol. The molecule has 0 bridgehead atoms. The van der Waals surface area contributed by atoms with Crippen molar-refractivity contribution in [1.29, 1.82) is 0 Å². The number of rotatable bonds is 3. The number of amides is 2. The molecule has 1 aromatic carbocycles. The summed E-state index contributed by atoms with van der Waals surface area (Å²) in [6, 6.07) is 9.22. The van der Waals surface area contributed by atoms with E-state index in [1.54, 1.807) is 0 Å². The molecule has 1 saturated heterocycles. The van der Waals surface area contributed by atoms with Crippen molar-refractivity contribution >= 4 is 6.03 Å². The van der Waals surface area contributed by atoms with Crippen LogP contribution in [0.15, 0.2) is 36.7 Å². The van der Waals surface area contributed by atoms with E-state index in [1.807, 2.05) is 15.8 Å². The van der Waals surface area contributed by atoms with E-state index in [-0.39, 0.29) is 6.03 Å². The number of aromatic nitrogens is 2. The molecule has 0 spiro atoms. The Labute approximate surface area is 160 Å². The van der Waals surface area contributed by atoms with E-state index in [1.165, 1.54) is 23.1 Å². The van der Waals surface area contributed by atoms with Crippen LogP contribution in [0.4, 0.5) is 4.79 Å². The first-order valence-electron chi connectivity index (χ1n) is 10.4. The maximum atomic E-state index is 12.8. The quantitative estimate of drug-likeness (QED) is 0.906. The number of piperidine rings is 1. The van der Waals surface area contributed by atoms with Crippen molar-refractivity contribution in [2.75, 3.05) is 13.1 Å². The summed E-state index contributed by atoms with van der Waals surface area (Å²) in [5, 5.41) is 7.74. The highest BCUT2D eigenvalue weighted by Crippen LogP contribution is 2.54. The van der Waals surface area contributed by atoms with Gasteiger partial charge in [0.2, 0.25) is 0 Å². The highest BCUT2D eigenvalue weighted by atomic mass is 16.2. The summed E-state index contributed by atoms with van der Waals surface area (Å²) in [4.78, 5) is 14.8. The number of hydrogen-bond donors (Lipinski definition) is 1. The first-order valence-corrected chi connectivity index (χ1v) is 10.4. The number of carbonyl (C=O) groups excluding carboxylic acids is 1. The molecular weight excluding hydrogens is 336 g/mol. The van der Waals surface area contributed by atoms with Gasteiger partial charge in [0, 0.05) is 37.8 Å². The summed E-state index contributed by atoms with van der Waals surface area (Å²) in [7, 11) is 0. The minimum atomic E-state index is 0.134. The topological polar surface area (TPSA) is 50.2 Å². The summed E-state index contributed by atoms with van der Waals surface area (Å²) in [5.74, 6) is 1.71. The molecule has 142 valence electrons. The number of likely N-dealkylation sites (tertiary alicyclic amines) is 1. The number of aryl methyl sites for hydroxylation is 2. The second-order valence-electron chi connectivity index (χ2n) is 8.29.